The third-order valence-corrected chi connectivity index (χ3v) is 1.85. The standard InChI is InChI=1S/C7H11ClO2/c1-5(8)10-6(9)7(2)3-4-7/h5H,3-4H2,1-2H3. The molecule has 1 rings (SSSR count). The van der Waals surface area contributed by atoms with Crippen LogP contribution in [0, 0.1) is 5.41 Å². The highest BCUT2D eigenvalue weighted by Gasteiger charge is 2.46. The van der Waals surface area contributed by atoms with Crippen LogP contribution in [0.1, 0.15) is 26.7 Å². The molecule has 1 saturated carbocycles. The molecule has 0 aromatic heterocycles. The van der Waals surface area contributed by atoms with Gasteiger partial charge >= 0.3 is 5.97 Å². The SMILES string of the molecule is CC(Cl)OC(=O)C1(C)CC1. The van der Waals surface area contributed by atoms with Crippen LogP contribution in [0.2, 0.25) is 0 Å². The first-order valence-corrected chi connectivity index (χ1v) is 3.83. The van der Waals surface area contributed by atoms with Crippen molar-refractivity contribution in [2.75, 3.05) is 0 Å². The summed E-state index contributed by atoms with van der Waals surface area (Å²) in [6.07, 6.45) is 1.88. The molecule has 0 amide bonds. The smallest absolute Gasteiger partial charge is 0.313 e. The van der Waals surface area contributed by atoms with E-state index in [0.717, 1.165) is 12.8 Å². The highest BCUT2D eigenvalue weighted by Crippen LogP contribution is 2.46. The molecule has 10 heavy (non-hydrogen) atoms. The third kappa shape index (κ3) is 1.63. The predicted molar refractivity (Wildman–Crippen MR) is 38.7 cm³/mol. The van der Waals surface area contributed by atoms with Gasteiger partial charge in [0.2, 0.25) is 0 Å². The second kappa shape index (κ2) is 2.42. The summed E-state index contributed by atoms with van der Waals surface area (Å²) in [4.78, 5) is 11.0. The molecule has 1 unspecified atom stereocenters. The molecule has 1 aliphatic carbocycles. The molecule has 0 radical (unpaired) electrons. The van der Waals surface area contributed by atoms with Crippen LogP contribution in [0.3, 0.4) is 0 Å². The van der Waals surface area contributed by atoms with E-state index in [1.54, 1.807) is 6.92 Å². The topological polar surface area (TPSA) is 26.3 Å². The number of hydrogen-bond acceptors (Lipinski definition) is 2. The van der Waals surface area contributed by atoms with E-state index in [0.29, 0.717) is 0 Å². The summed E-state index contributed by atoms with van der Waals surface area (Å²) in [5.74, 6) is -0.157. The molecule has 0 spiro atoms. The maximum absolute atomic E-state index is 11.0. The minimum atomic E-state index is -0.495. The van der Waals surface area contributed by atoms with Gasteiger partial charge in [-0.1, -0.05) is 11.6 Å². The molecule has 0 heterocycles. The van der Waals surface area contributed by atoms with E-state index in [4.69, 9.17) is 16.3 Å². The van der Waals surface area contributed by atoms with E-state index >= 15 is 0 Å². The summed E-state index contributed by atoms with van der Waals surface area (Å²) in [6.45, 7) is 3.54. The van der Waals surface area contributed by atoms with Gasteiger partial charge in [-0.05, 0) is 26.7 Å². The number of halogens is 1. The summed E-state index contributed by atoms with van der Waals surface area (Å²) in [7, 11) is 0. The Bertz CT molecular complexity index is 150. The van der Waals surface area contributed by atoms with Crippen LogP contribution in [0.15, 0.2) is 0 Å². The van der Waals surface area contributed by atoms with Gasteiger partial charge in [-0.15, -0.1) is 0 Å². The second-order valence-corrected chi connectivity index (χ2v) is 3.62. The lowest BCUT2D eigenvalue weighted by Gasteiger charge is -2.09. The molecule has 0 aromatic carbocycles. The van der Waals surface area contributed by atoms with Gasteiger partial charge in [0.05, 0.1) is 5.41 Å². The number of hydrogen-bond donors (Lipinski definition) is 0. The summed E-state index contributed by atoms with van der Waals surface area (Å²) < 4.78 is 4.80. The Morgan fingerprint density at radius 1 is 1.70 bits per heavy atom. The average molecular weight is 163 g/mol. The van der Waals surface area contributed by atoms with Crippen molar-refractivity contribution >= 4 is 17.6 Å². The quantitative estimate of drug-likeness (QED) is 0.458. The van der Waals surface area contributed by atoms with Crippen LogP contribution < -0.4 is 0 Å². The third-order valence-electron chi connectivity index (χ3n) is 1.76. The summed E-state index contributed by atoms with van der Waals surface area (Å²) in [6, 6.07) is 0. The summed E-state index contributed by atoms with van der Waals surface area (Å²) in [5, 5.41) is 0. The maximum atomic E-state index is 11.0. The van der Waals surface area contributed by atoms with Crippen LogP contribution >= 0.6 is 11.6 Å². The molecular formula is C7H11ClO2. The molecule has 0 aromatic rings. The highest BCUT2D eigenvalue weighted by molar-refractivity contribution is 6.20. The summed E-state index contributed by atoms with van der Waals surface area (Å²) in [5.41, 5.74) is -0.701. The van der Waals surface area contributed by atoms with Crippen molar-refractivity contribution in [2.45, 2.75) is 32.3 Å². The molecular weight excluding hydrogens is 152 g/mol. The molecule has 0 aliphatic heterocycles. The average Bonchev–Trinajstić information content (AvgIpc) is 2.47. The van der Waals surface area contributed by atoms with Gasteiger partial charge in [-0.2, -0.15) is 0 Å². The Balaban J connectivity index is 2.35. The van der Waals surface area contributed by atoms with Crippen molar-refractivity contribution in [3.63, 3.8) is 0 Å². The van der Waals surface area contributed by atoms with Gasteiger partial charge in [0.1, 0.15) is 0 Å². The first kappa shape index (κ1) is 7.86. The van der Waals surface area contributed by atoms with Crippen LogP contribution in [0.5, 0.6) is 0 Å². The van der Waals surface area contributed by atoms with Gasteiger partial charge < -0.3 is 4.74 Å². The zero-order chi connectivity index (χ0) is 7.78. The molecule has 0 saturated heterocycles. The van der Waals surface area contributed by atoms with E-state index in [1.165, 1.54) is 0 Å². The molecule has 1 aliphatic rings. The maximum Gasteiger partial charge on any atom is 0.313 e. The number of rotatable bonds is 2. The Kier molecular flexibility index (Phi) is 1.90. The lowest BCUT2D eigenvalue weighted by molar-refractivity contribution is -0.150. The van der Waals surface area contributed by atoms with Crippen molar-refractivity contribution in [3.05, 3.63) is 0 Å². The van der Waals surface area contributed by atoms with Gasteiger partial charge in [0.25, 0.3) is 0 Å². The first-order valence-electron chi connectivity index (χ1n) is 3.40. The van der Waals surface area contributed by atoms with Gasteiger partial charge in [0, 0.05) is 0 Å². The zero-order valence-corrected chi connectivity index (χ0v) is 6.94. The molecule has 0 N–H and O–H groups in total. The summed E-state index contributed by atoms with van der Waals surface area (Å²) >= 11 is 5.46. The number of ether oxygens (including phenoxy) is 1. The zero-order valence-electron chi connectivity index (χ0n) is 6.19. The Morgan fingerprint density at radius 3 is 2.50 bits per heavy atom. The lowest BCUT2D eigenvalue weighted by atomic mass is 10.1. The van der Waals surface area contributed by atoms with Gasteiger partial charge in [-0.3, -0.25) is 4.79 Å². The monoisotopic (exact) mass is 162 g/mol. The Labute approximate surface area is 65.5 Å². The van der Waals surface area contributed by atoms with Crippen LogP contribution in [-0.2, 0) is 9.53 Å². The van der Waals surface area contributed by atoms with Gasteiger partial charge in [0.15, 0.2) is 5.56 Å². The lowest BCUT2D eigenvalue weighted by Crippen LogP contribution is -2.18. The normalized spacial score (nSPS) is 23.5. The van der Waals surface area contributed by atoms with Crippen molar-refractivity contribution < 1.29 is 9.53 Å². The van der Waals surface area contributed by atoms with Gasteiger partial charge in [-0.25, -0.2) is 0 Å². The first-order chi connectivity index (χ1) is 4.54. The van der Waals surface area contributed by atoms with Crippen molar-refractivity contribution in [1.82, 2.24) is 0 Å². The highest BCUT2D eigenvalue weighted by atomic mass is 35.5. The molecule has 1 fully saturated rings. The van der Waals surface area contributed by atoms with Crippen molar-refractivity contribution in [2.24, 2.45) is 5.41 Å². The molecule has 58 valence electrons. The predicted octanol–water partition coefficient (Wildman–Crippen LogP) is 1.91. The van der Waals surface area contributed by atoms with E-state index < -0.39 is 5.56 Å². The van der Waals surface area contributed by atoms with E-state index in [-0.39, 0.29) is 11.4 Å². The minimum absolute atomic E-state index is 0.157. The molecule has 2 nitrogen and oxygen atoms in total. The van der Waals surface area contributed by atoms with E-state index in [2.05, 4.69) is 0 Å². The fraction of sp³-hybridized carbons (Fsp3) is 0.857. The van der Waals surface area contributed by atoms with Crippen molar-refractivity contribution in [1.29, 1.82) is 0 Å². The van der Waals surface area contributed by atoms with Crippen LogP contribution in [0.4, 0.5) is 0 Å². The van der Waals surface area contributed by atoms with Crippen molar-refractivity contribution in [3.8, 4) is 0 Å². The van der Waals surface area contributed by atoms with E-state index in [9.17, 15) is 4.79 Å². The van der Waals surface area contributed by atoms with Crippen LogP contribution in [0.25, 0.3) is 0 Å². The second-order valence-electron chi connectivity index (χ2n) is 3.01. The fourth-order valence-corrected chi connectivity index (χ4v) is 0.762. The molecule has 1 atom stereocenters. The van der Waals surface area contributed by atoms with Crippen LogP contribution in [-0.4, -0.2) is 11.5 Å². The fourth-order valence-electron chi connectivity index (χ4n) is 0.681. The number of esters is 1. The van der Waals surface area contributed by atoms with E-state index in [1.807, 2.05) is 6.92 Å². The molecule has 0 bridgehead atoms. The number of carbonyl (C=O) groups excluding carboxylic acids is 1. The minimum Gasteiger partial charge on any atom is -0.446 e. The Morgan fingerprint density at radius 2 is 2.20 bits per heavy atom. The Hall–Kier alpha value is -0.240. The molecule has 3 heteroatoms. The number of alkyl halides is 1. The largest absolute Gasteiger partial charge is 0.446 e. The number of carbonyl (C=O) groups is 1.